The smallest absolute Gasteiger partial charge is 0.328 e. The van der Waals surface area contributed by atoms with Gasteiger partial charge in [0.25, 0.3) is 0 Å². The zero-order chi connectivity index (χ0) is 14.0. The van der Waals surface area contributed by atoms with Gasteiger partial charge in [-0.05, 0) is 37.2 Å². The highest BCUT2D eigenvalue weighted by molar-refractivity contribution is 5.81. The second kappa shape index (κ2) is 9.93. The van der Waals surface area contributed by atoms with Gasteiger partial charge in [0.1, 0.15) is 0 Å². The summed E-state index contributed by atoms with van der Waals surface area (Å²) in [5.41, 5.74) is 0.801. The van der Waals surface area contributed by atoms with E-state index in [0.717, 1.165) is 23.8 Å². The zero-order valence-corrected chi connectivity index (χ0v) is 12.3. The fraction of sp³-hybridized carbons (Fsp3) is 0.688. The van der Waals surface area contributed by atoms with Gasteiger partial charge < -0.3 is 5.11 Å². The SMILES string of the molecule is CC(/C=C/CCC(C)CCCC(C)C)=C\C(=O)O. The molecule has 0 saturated carbocycles. The maximum atomic E-state index is 10.4. The van der Waals surface area contributed by atoms with E-state index in [-0.39, 0.29) is 0 Å². The molecule has 2 nitrogen and oxygen atoms in total. The van der Waals surface area contributed by atoms with E-state index in [0.29, 0.717) is 0 Å². The fourth-order valence-corrected chi connectivity index (χ4v) is 1.91. The van der Waals surface area contributed by atoms with Gasteiger partial charge in [-0.3, -0.25) is 0 Å². The maximum Gasteiger partial charge on any atom is 0.328 e. The first-order chi connectivity index (χ1) is 8.41. The second-order valence-electron chi connectivity index (χ2n) is 5.64. The minimum absolute atomic E-state index is 0.761. The molecule has 0 radical (unpaired) electrons. The fourth-order valence-electron chi connectivity index (χ4n) is 1.91. The lowest BCUT2D eigenvalue weighted by Gasteiger charge is -2.10. The van der Waals surface area contributed by atoms with Crippen molar-refractivity contribution in [1.29, 1.82) is 0 Å². The van der Waals surface area contributed by atoms with Crippen LogP contribution >= 0.6 is 0 Å². The van der Waals surface area contributed by atoms with E-state index in [9.17, 15) is 4.79 Å². The number of aliphatic carboxylic acids is 1. The Morgan fingerprint density at radius 2 is 1.83 bits per heavy atom. The first kappa shape index (κ1) is 16.9. The monoisotopic (exact) mass is 252 g/mol. The van der Waals surface area contributed by atoms with Crippen LogP contribution in [-0.4, -0.2) is 11.1 Å². The lowest BCUT2D eigenvalue weighted by atomic mass is 9.96. The summed E-state index contributed by atoms with van der Waals surface area (Å²) < 4.78 is 0. The molecule has 1 atom stereocenters. The number of hydrogen-bond acceptors (Lipinski definition) is 1. The first-order valence-electron chi connectivity index (χ1n) is 6.99. The van der Waals surface area contributed by atoms with Crippen LogP contribution in [0, 0.1) is 11.8 Å². The Kier molecular flexibility index (Phi) is 9.35. The minimum atomic E-state index is -0.876. The van der Waals surface area contributed by atoms with Crippen molar-refractivity contribution in [2.75, 3.05) is 0 Å². The lowest BCUT2D eigenvalue weighted by molar-refractivity contribution is -0.131. The van der Waals surface area contributed by atoms with Crippen LogP contribution in [0.25, 0.3) is 0 Å². The molecule has 0 aromatic carbocycles. The molecule has 0 rings (SSSR count). The lowest BCUT2D eigenvalue weighted by Crippen LogP contribution is -1.96. The van der Waals surface area contributed by atoms with Crippen molar-refractivity contribution in [1.82, 2.24) is 0 Å². The molecule has 0 fully saturated rings. The van der Waals surface area contributed by atoms with Gasteiger partial charge in [-0.1, -0.05) is 52.2 Å². The van der Waals surface area contributed by atoms with Crippen LogP contribution in [0.5, 0.6) is 0 Å². The highest BCUT2D eigenvalue weighted by atomic mass is 16.4. The summed E-state index contributed by atoms with van der Waals surface area (Å²) in [5.74, 6) is 0.692. The summed E-state index contributed by atoms with van der Waals surface area (Å²) in [6, 6.07) is 0. The van der Waals surface area contributed by atoms with Gasteiger partial charge in [0, 0.05) is 6.08 Å². The Labute approximate surface area is 112 Å². The molecule has 2 heteroatoms. The van der Waals surface area contributed by atoms with Crippen molar-refractivity contribution in [3.63, 3.8) is 0 Å². The van der Waals surface area contributed by atoms with Crippen LogP contribution < -0.4 is 0 Å². The minimum Gasteiger partial charge on any atom is -0.478 e. The van der Waals surface area contributed by atoms with Crippen molar-refractivity contribution in [3.8, 4) is 0 Å². The highest BCUT2D eigenvalue weighted by Crippen LogP contribution is 2.16. The summed E-state index contributed by atoms with van der Waals surface area (Å²) >= 11 is 0. The average Bonchev–Trinajstić information content (AvgIpc) is 2.23. The second-order valence-corrected chi connectivity index (χ2v) is 5.64. The average molecular weight is 252 g/mol. The number of carboxylic acids is 1. The van der Waals surface area contributed by atoms with Gasteiger partial charge in [-0.15, -0.1) is 0 Å². The number of hydrogen-bond donors (Lipinski definition) is 1. The van der Waals surface area contributed by atoms with Crippen LogP contribution in [0.3, 0.4) is 0 Å². The first-order valence-corrected chi connectivity index (χ1v) is 6.99. The van der Waals surface area contributed by atoms with E-state index in [1.807, 2.05) is 13.0 Å². The Morgan fingerprint density at radius 1 is 1.17 bits per heavy atom. The van der Waals surface area contributed by atoms with Crippen molar-refractivity contribution >= 4 is 5.97 Å². The summed E-state index contributed by atoms with van der Waals surface area (Å²) in [6.45, 7) is 8.65. The third-order valence-corrected chi connectivity index (χ3v) is 3.04. The Bertz CT molecular complexity index is 287. The third-order valence-electron chi connectivity index (χ3n) is 3.04. The number of carboxylic acid groups (broad SMARTS) is 1. The van der Waals surface area contributed by atoms with E-state index in [1.54, 1.807) is 0 Å². The van der Waals surface area contributed by atoms with Crippen LogP contribution in [-0.2, 0) is 4.79 Å². The van der Waals surface area contributed by atoms with Crippen LogP contribution in [0.1, 0.15) is 59.8 Å². The van der Waals surface area contributed by atoms with Gasteiger partial charge in [0.15, 0.2) is 0 Å². The molecule has 0 aliphatic rings. The van der Waals surface area contributed by atoms with Crippen molar-refractivity contribution in [2.45, 2.75) is 59.8 Å². The van der Waals surface area contributed by atoms with E-state index >= 15 is 0 Å². The van der Waals surface area contributed by atoms with Crippen molar-refractivity contribution in [2.24, 2.45) is 11.8 Å². The van der Waals surface area contributed by atoms with Crippen molar-refractivity contribution < 1.29 is 9.90 Å². The molecule has 0 heterocycles. The summed E-state index contributed by atoms with van der Waals surface area (Å²) in [7, 11) is 0. The van der Waals surface area contributed by atoms with E-state index in [4.69, 9.17) is 5.11 Å². The predicted molar refractivity (Wildman–Crippen MR) is 77.6 cm³/mol. The Balaban J connectivity index is 3.70. The van der Waals surface area contributed by atoms with Gasteiger partial charge >= 0.3 is 5.97 Å². The molecule has 0 aliphatic carbocycles. The quantitative estimate of drug-likeness (QED) is 0.472. The highest BCUT2D eigenvalue weighted by Gasteiger charge is 2.01. The summed E-state index contributed by atoms with van der Waals surface area (Å²) in [4.78, 5) is 10.4. The number of rotatable bonds is 9. The van der Waals surface area contributed by atoms with E-state index < -0.39 is 5.97 Å². The molecule has 0 saturated heterocycles. The molecule has 1 N–H and O–H groups in total. The molecular formula is C16H28O2. The number of allylic oxidation sites excluding steroid dienone is 3. The molecule has 0 amide bonds. The molecule has 0 aliphatic heterocycles. The van der Waals surface area contributed by atoms with Crippen LogP contribution in [0.15, 0.2) is 23.8 Å². The van der Waals surface area contributed by atoms with Crippen LogP contribution in [0.4, 0.5) is 0 Å². The summed E-state index contributed by atoms with van der Waals surface area (Å²) in [5, 5.41) is 8.56. The van der Waals surface area contributed by atoms with Gasteiger partial charge in [-0.2, -0.15) is 0 Å². The zero-order valence-electron chi connectivity index (χ0n) is 12.3. The molecule has 0 spiro atoms. The Hall–Kier alpha value is -1.05. The molecule has 1 unspecified atom stereocenters. The molecule has 0 aromatic heterocycles. The van der Waals surface area contributed by atoms with E-state index in [1.165, 1.54) is 31.8 Å². The standard InChI is InChI=1S/C16H28O2/c1-13(2)8-7-11-14(3)9-5-6-10-15(4)12-16(17)18/h6,10,12-14H,5,7-9,11H2,1-4H3,(H,17,18)/b10-6+,15-12+. The normalized spacial score (nSPS) is 14.4. The molecule has 0 bridgehead atoms. The van der Waals surface area contributed by atoms with Gasteiger partial charge in [0.05, 0.1) is 0 Å². The van der Waals surface area contributed by atoms with Gasteiger partial charge in [-0.25, -0.2) is 4.79 Å². The Morgan fingerprint density at radius 3 is 2.39 bits per heavy atom. The topological polar surface area (TPSA) is 37.3 Å². The number of carbonyl (C=O) groups is 1. The van der Waals surface area contributed by atoms with E-state index in [2.05, 4.69) is 26.8 Å². The third kappa shape index (κ3) is 11.4. The maximum absolute atomic E-state index is 10.4. The van der Waals surface area contributed by atoms with Crippen LogP contribution in [0.2, 0.25) is 0 Å². The van der Waals surface area contributed by atoms with Gasteiger partial charge in [0.2, 0.25) is 0 Å². The molecule has 0 aromatic rings. The molecular weight excluding hydrogens is 224 g/mol. The molecule has 104 valence electrons. The summed E-state index contributed by atoms with van der Waals surface area (Å²) in [6.07, 6.45) is 11.4. The van der Waals surface area contributed by atoms with Crippen molar-refractivity contribution in [3.05, 3.63) is 23.8 Å². The predicted octanol–water partition coefficient (Wildman–Crippen LogP) is 4.82. The largest absolute Gasteiger partial charge is 0.478 e. The molecule has 18 heavy (non-hydrogen) atoms.